The van der Waals surface area contributed by atoms with Crippen molar-refractivity contribution in [2.24, 2.45) is 0 Å². The molecule has 0 radical (unpaired) electrons. The molecule has 152 valence electrons. The van der Waals surface area contributed by atoms with Gasteiger partial charge in [-0.15, -0.1) is 0 Å². The summed E-state index contributed by atoms with van der Waals surface area (Å²) in [7, 11) is 1.49. The van der Waals surface area contributed by atoms with Gasteiger partial charge in [-0.05, 0) is 30.2 Å². The third kappa shape index (κ3) is 4.05. The maximum absolute atomic E-state index is 13.2. The minimum atomic E-state index is -1.16. The Balaban J connectivity index is 1.77. The van der Waals surface area contributed by atoms with E-state index in [0.717, 1.165) is 4.90 Å². The Labute approximate surface area is 174 Å². The fourth-order valence-electron chi connectivity index (χ4n) is 3.47. The largest absolute Gasteiger partial charge is 0.495 e. The van der Waals surface area contributed by atoms with E-state index in [1.165, 1.54) is 13.2 Å². The normalized spacial score (nSPS) is 18.5. The fraction of sp³-hybridized carbons (Fsp3) is 0.286. The number of benzene rings is 2. The van der Waals surface area contributed by atoms with Gasteiger partial charge in [0.25, 0.3) is 5.91 Å². The van der Waals surface area contributed by atoms with Crippen molar-refractivity contribution in [3.8, 4) is 5.75 Å². The molecule has 2 aromatic rings. The van der Waals surface area contributed by atoms with Gasteiger partial charge in [0.2, 0.25) is 5.91 Å². The fourth-order valence-corrected chi connectivity index (χ4v) is 3.72. The summed E-state index contributed by atoms with van der Waals surface area (Å²) in [5, 5.41) is 5.79. The first-order chi connectivity index (χ1) is 13.9. The Morgan fingerprint density at radius 1 is 1.21 bits per heavy atom. The van der Waals surface area contributed by atoms with E-state index in [1.807, 2.05) is 25.1 Å². The van der Waals surface area contributed by atoms with Gasteiger partial charge in [-0.3, -0.25) is 14.5 Å². The van der Waals surface area contributed by atoms with Gasteiger partial charge in [0.05, 0.1) is 12.1 Å². The van der Waals surface area contributed by atoms with Crippen LogP contribution in [0.4, 0.5) is 10.5 Å². The van der Waals surface area contributed by atoms with Crippen LogP contribution < -0.4 is 15.4 Å². The van der Waals surface area contributed by atoms with Gasteiger partial charge in [0.1, 0.15) is 17.8 Å². The second kappa shape index (κ2) is 8.53. The SMILES string of the molecule is CCC[C@@]1(c2ccccc2)NC(=O)N(CC(=O)Nc2ccc(OC)c(Cl)c2)C1=O. The Bertz CT molecular complexity index is 935. The van der Waals surface area contributed by atoms with Gasteiger partial charge < -0.3 is 15.4 Å². The van der Waals surface area contributed by atoms with Crippen LogP contribution in [-0.2, 0) is 15.1 Å². The molecule has 0 bridgehead atoms. The zero-order valence-electron chi connectivity index (χ0n) is 16.2. The number of nitrogens with zero attached hydrogens (tertiary/aromatic N) is 1. The Morgan fingerprint density at radius 3 is 2.55 bits per heavy atom. The number of carbonyl (C=O) groups is 3. The second-order valence-electron chi connectivity index (χ2n) is 6.74. The number of halogens is 1. The summed E-state index contributed by atoms with van der Waals surface area (Å²) in [6, 6.07) is 13.3. The molecular formula is C21H22ClN3O4. The van der Waals surface area contributed by atoms with Crippen molar-refractivity contribution < 1.29 is 19.1 Å². The molecule has 7 nitrogen and oxygen atoms in total. The van der Waals surface area contributed by atoms with Gasteiger partial charge in [-0.25, -0.2) is 4.79 Å². The minimum Gasteiger partial charge on any atom is -0.495 e. The number of nitrogens with one attached hydrogen (secondary N) is 2. The monoisotopic (exact) mass is 415 g/mol. The van der Waals surface area contributed by atoms with Crippen LogP contribution >= 0.6 is 11.6 Å². The summed E-state index contributed by atoms with van der Waals surface area (Å²) >= 11 is 6.06. The molecule has 0 spiro atoms. The molecule has 1 atom stereocenters. The molecule has 1 fully saturated rings. The standard InChI is InChI=1S/C21H22ClN3O4/c1-3-11-21(14-7-5-4-6-8-14)19(27)25(20(28)24-21)13-18(26)23-15-9-10-17(29-2)16(22)12-15/h4-10,12H,3,11,13H2,1-2H3,(H,23,26)(H,24,28)/t21-/m0/s1. The zero-order chi connectivity index (χ0) is 21.0. The number of anilines is 1. The van der Waals surface area contributed by atoms with Gasteiger partial charge in [0.15, 0.2) is 0 Å². The van der Waals surface area contributed by atoms with Crippen LogP contribution in [0.3, 0.4) is 0 Å². The van der Waals surface area contributed by atoms with Crippen LogP contribution in [0.5, 0.6) is 5.75 Å². The quantitative estimate of drug-likeness (QED) is 0.677. The summed E-state index contributed by atoms with van der Waals surface area (Å²) in [6.45, 7) is 1.54. The summed E-state index contributed by atoms with van der Waals surface area (Å²) < 4.78 is 5.08. The van der Waals surface area contributed by atoms with Crippen LogP contribution in [0.2, 0.25) is 5.02 Å². The molecule has 3 rings (SSSR count). The number of ether oxygens (including phenoxy) is 1. The lowest BCUT2D eigenvalue weighted by molar-refractivity contribution is -0.134. The number of rotatable bonds is 7. The van der Waals surface area contributed by atoms with Crippen molar-refractivity contribution in [3.63, 3.8) is 0 Å². The molecule has 1 saturated heterocycles. The predicted molar refractivity (Wildman–Crippen MR) is 110 cm³/mol. The lowest BCUT2D eigenvalue weighted by atomic mass is 9.85. The predicted octanol–water partition coefficient (Wildman–Crippen LogP) is 3.53. The van der Waals surface area contributed by atoms with E-state index in [1.54, 1.807) is 24.3 Å². The molecule has 2 aromatic carbocycles. The van der Waals surface area contributed by atoms with Crippen molar-refractivity contribution in [2.45, 2.75) is 25.3 Å². The van der Waals surface area contributed by atoms with Crippen molar-refractivity contribution >= 4 is 35.1 Å². The van der Waals surface area contributed by atoms with Crippen molar-refractivity contribution in [1.29, 1.82) is 0 Å². The summed E-state index contributed by atoms with van der Waals surface area (Å²) in [4.78, 5) is 39.1. The molecule has 1 heterocycles. The number of methoxy groups -OCH3 is 1. The van der Waals surface area contributed by atoms with E-state index in [0.29, 0.717) is 34.9 Å². The number of amides is 4. The average molecular weight is 416 g/mol. The summed E-state index contributed by atoms with van der Waals surface area (Å²) in [5.74, 6) is -0.459. The lowest BCUT2D eigenvalue weighted by Gasteiger charge is -2.26. The Morgan fingerprint density at radius 2 is 1.93 bits per heavy atom. The molecule has 0 aliphatic carbocycles. The molecule has 0 aromatic heterocycles. The first kappa shape index (κ1) is 20.7. The highest BCUT2D eigenvalue weighted by molar-refractivity contribution is 6.32. The number of hydrogen-bond acceptors (Lipinski definition) is 4. The Hall–Kier alpha value is -3.06. The van der Waals surface area contributed by atoms with E-state index in [9.17, 15) is 14.4 Å². The molecule has 4 amide bonds. The van der Waals surface area contributed by atoms with Gasteiger partial charge >= 0.3 is 6.03 Å². The van der Waals surface area contributed by atoms with Gasteiger partial charge in [0, 0.05) is 5.69 Å². The number of urea groups is 1. The smallest absolute Gasteiger partial charge is 0.325 e. The number of imide groups is 1. The second-order valence-corrected chi connectivity index (χ2v) is 7.15. The van der Waals surface area contributed by atoms with E-state index in [-0.39, 0.29) is 0 Å². The van der Waals surface area contributed by atoms with Gasteiger partial charge in [-0.2, -0.15) is 0 Å². The van der Waals surface area contributed by atoms with Gasteiger partial charge in [-0.1, -0.05) is 55.3 Å². The third-order valence-corrected chi connectivity index (χ3v) is 5.10. The highest BCUT2D eigenvalue weighted by atomic mass is 35.5. The summed E-state index contributed by atoms with van der Waals surface area (Å²) in [6.07, 6.45) is 1.12. The molecule has 2 N–H and O–H groups in total. The van der Waals surface area contributed by atoms with Crippen molar-refractivity contribution in [3.05, 3.63) is 59.1 Å². The van der Waals surface area contributed by atoms with Crippen LogP contribution in [0, 0.1) is 0 Å². The van der Waals surface area contributed by atoms with E-state index in [4.69, 9.17) is 16.3 Å². The Kier molecular flexibility index (Phi) is 6.08. The maximum Gasteiger partial charge on any atom is 0.325 e. The first-order valence-corrected chi connectivity index (χ1v) is 9.62. The molecular weight excluding hydrogens is 394 g/mol. The summed E-state index contributed by atoms with van der Waals surface area (Å²) in [5.41, 5.74) is -0.0163. The number of hydrogen-bond donors (Lipinski definition) is 2. The average Bonchev–Trinajstić information content (AvgIpc) is 2.94. The van der Waals surface area contributed by atoms with Crippen LogP contribution in [0.25, 0.3) is 0 Å². The molecule has 1 aliphatic rings. The molecule has 0 unspecified atom stereocenters. The molecule has 8 heteroatoms. The first-order valence-electron chi connectivity index (χ1n) is 9.24. The van der Waals surface area contributed by atoms with Crippen molar-refractivity contribution in [1.82, 2.24) is 10.2 Å². The highest BCUT2D eigenvalue weighted by Crippen LogP contribution is 2.33. The van der Waals surface area contributed by atoms with Crippen LogP contribution in [-0.4, -0.2) is 36.4 Å². The molecule has 1 aliphatic heterocycles. The van der Waals surface area contributed by atoms with E-state index < -0.39 is 29.9 Å². The molecule has 29 heavy (non-hydrogen) atoms. The van der Waals surface area contributed by atoms with Crippen LogP contribution in [0.1, 0.15) is 25.3 Å². The minimum absolute atomic E-state index is 0.339. The van der Waals surface area contributed by atoms with E-state index >= 15 is 0 Å². The lowest BCUT2D eigenvalue weighted by Crippen LogP contribution is -2.44. The zero-order valence-corrected chi connectivity index (χ0v) is 17.0. The number of carbonyl (C=O) groups excluding carboxylic acids is 3. The van der Waals surface area contributed by atoms with Crippen molar-refractivity contribution in [2.75, 3.05) is 19.0 Å². The third-order valence-electron chi connectivity index (χ3n) is 4.80. The van der Waals surface area contributed by atoms with E-state index in [2.05, 4.69) is 10.6 Å². The topological polar surface area (TPSA) is 87.7 Å². The van der Waals surface area contributed by atoms with Crippen LogP contribution in [0.15, 0.2) is 48.5 Å². The molecule has 0 saturated carbocycles. The maximum atomic E-state index is 13.2. The highest BCUT2D eigenvalue weighted by Gasteiger charge is 2.52.